The first-order chi connectivity index (χ1) is 32.1. The average Bonchev–Trinajstić information content (AvgIpc) is 3.80. The molecular formula is C54H81FN8O4. The van der Waals surface area contributed by atoms with E-state index in [1.165, 1.54) is 54.9 Å². The summed E-state index contributed by atoms with van der Waals surface area (Å²) in [5, 5.41) is 6.82. The van der Waals surface area contributed by atoms with Gasteiger partial charge in [-0.1, -0.05) is 35.9 Å². The molecular weight excluding hydrogens is 844 g/mol. The number of likely N-dealkylation sites (tertiary alicyclic amines) is 2. The van der Waals surface area contributed by atoms with E-state index in [1.807, 2.05) is 49.1 Å². The average molecular weight is 925 g/mol. The number of rotatable bonds is 13. The van der Waals surface area contributed by atoms with Gasteiger partial charge in [0.25, 0.3) is 0 Å². The van der Waals surface area contributed by atoms with E-state index in [-0.39, 0.29) is 12.6 Å². The molecule has 67 heavy (non-hydrogen) atoms. The Labute approximate surface area is 402 Å². The Balaban J connectivity index is 0.000000167. The first-order valence-electron chi connectivity index (χ1n) is 24.0. The summed E-state index contributed by atoms with van der Waals surface area (Å²) in [6, 6.07) is 29.7. The number of halogens is 1. The third-order valence-corrected chi connectivity index (χ3v) is 13.5. The predicted octanol–water partition coefficient (Wildman–Crippen LogP) is 8.38. The second-order valence-electron chi connectivity index (χ2n) is 18.9. The van der Waals surface area contributed by atoms with E-state index < -0.39 is 0 Å². The van der Waals surface area contributed by atoms with Crippen molar-refractivity contribution in [2.24, 2.45) is 0 Å². The van der Waals surface area contributed by atoms with Crippen molar-refractivity contribution in [3.05, 3.63) is 101 Å². The fraction of sp³-hybridized carbons (Fsp3) is 0.537. The summed E-state index contributed by atoms with van der Waals surface area (Å²) >= 11 is 0. The molecule has 0 radical (unpaired) electrons. The maximum absolute atomic E-state index is 12.1. The number of ether oxygens (including phenoxy) is 3. The topological polar surface area (TPSA) is 88.3 Å². The van der Waals surface area contributed by atoms with Gasteiger partial charge in [0.1, 0.15) is 23.9 Å². The number of likely N-dealkylation sites (N-methyl/N-ethyl adjacent to an activating group) is 1. The summed E-state index contributed by atoms with van der Waals surface area (Å²) < 4.78 is 28.0. The number of carbonyl (C=O) groups is 1. The highest BCUT2D eigenvalue weighted by Gasteiger charge is 2.29. The summed E-state index contributed by atoms with van der Waals surface area (Å²) in [7, 11) is 13.8. The third kappa shape index (κ3) is 15.7. The molecule has 0 spiro atoms. The lowest BCUT2D eigenvalue weighted by Gasteiger charge is -2.39. The largest absolute Gasteiger partial charge is 0.496 e. The van der Waals surface area contributed by atoms with Crippen LogP contribution in [0.25, 0.3) is 0 Å². The highest BCUT2D eigenvalue weighted by Crippen LogP contribution is 2.29. The number of amides is 1. The minimum atomic E-state index is -0.259. The number of anilines is 4. The zero-order chi connectivity index (χ0) is 48.6. The zero-order valence-electron chi connectivity index (χ0n) is 42.7. The van der Waals surface area contributed by atoms with E-state index >= 15 is 0 Å². The smallest absolute Gasteiger partial charge is 0.219 e. The summed E-state index contributed by atoms with van der Waals surface area (Å²) in [4.78, 5) is 24.6. The van der Waals surface area contributed by atoms with Gasteiger partial charge in [0, 0.05) is 119 Å². The molecule has 4 saturated heterocycles. The maximum atomic E-state index is 12.1. The van der Waals surface area contributed by atoms with Crippen LogP contribution in [-0.2, 0) is 4.79 Å². The van der Waals surface area contributed by atoms with Crippen LogP contribution in [0.3, 0.4) is 0 Å². The molecule has 4 aromatic carbocycles. The first-order valence-corrected chi connectivity index (χ1v) is 24.0. The normalized spacial score (nSPS) is 17.5. The quantitative estimate of drug-likeness (QED) is 0.136. The van der Waals surface area contributed by atoms with Gasteiger partial charge in [-0.25, -0.2) is 4.39 Å². The molecule has 2 N–H and O–H groups in total. The standard InChI is InChI=1S/C14H22N2O.C14H22N2.C13H19FN2O.C13H18N2O2/c1-11-5-6-12(9-14(11)17-4)16-8-7-13(10-16)15(2)3;1-12-4-6-14(7-5-12)16-10-8-13(9-11-16)15(2)3;1-10-3-4-11(7-13(10)17-2)15-12-8-16(9-12)6-5-14;1-9-4-5-11(6-13(9)17-3)14-12-7-15(8-12)10(2)16/h5-6,9,13H,7-8,10H2,1-4H3;4-7,13H,8-11H2,1-3H3;3-4,7,12,15H,5-6,8-9H2,1-2H3;4-6,12,14H,7-8H2,1-3H3. The van der Waals surface area contributed by atoms with Gasteiger partial charge in [0.15, 0.2) is 0 Å². The SMILES string of the molecule is COc1cc(N2CCC(N(C)C)C2)ccc1C.COc1cc(NC2CN(C(C)=O)C2)ccc1C.COc1cc(NC2CN(CCF)C2)ccc1C.Cc1ccc(N2CCC(N(C)C)CC2)cc1. The van der Waals surface area contributed by atoms with Gasteiger partial charge in [-0.05, 0) is 122 Å². The van der Waals surface area contributed by atoms with Crippen molar-refractivity contribution in [2.75, 3.05) is 136 Å². The van der Waals surface area contributed by atoms with Crippen molar-refractivity contribution in [2.45, 2.75) is 78.0 Å². The van der Waals surface area contributed by atoms with E-state index in [1.54, 1.807) is 28.3 Å². The third-order valence-electron chi connectivity index (χ3n) is 13.5. The molecule has 4 aliphatic rings. The molecule has 1 atom stereocenters. The molecule has 1 unspecified atom stereocenters. The second kappa shape index (κ2) is 25.8. The van der Waals surface area contributed by atoms with Crippen LogP contribution < -0.4 is 34.6 Å². The predicted molar refractivity (Wildman–Crippen MR) is 277 cm³/mol. The number of nitrogens with zero attached hydrogens (tertiary/aromatic N) is 6. The number of aryl methyl sites for hydroxylation is 4. The molecule has 4 heterocycles. The van der Waals surface area contributed by atoms with Crippen LogP contribution in [0, 0.1) is 27.7 Å². The fourth-order valence-corrected chi connectivity index (χ4v) is 8.88. The van der Waals surface area contributed by atoms with Crippen molar-refractivity contribution in [3.63, 3.8) is 0 Å². The van der Waals surface area contributed by atoms with Crippen molar-refractivity contribution in [1.82, 2.24) is 19.6 Å². The Hall–Kier alpha value is -5.24. The number of carbonyl (C=O) groups excluding carboxylic acids is 1. The van der Waals surface area contributed by atoms with Crippen LogP contribution in [0.15, 0.2) is 78.9 Å². The van der Waals surface area contributed by atoms with Crippen molar-refractivity contribution >= 4 is 28.7 Å². The van der Waals surface area contributed by atoms with Crippen LogP contribution in [0.4, 0.5) is 27.1 Å². The fourth-order valence-electron chi connectivity index (χ4n) is 8.88. The van der Waals surface area contributed by atoms with Crippen LogP contribution in [0.2, 0.25) is 0 Å². The summed E-state index contributed by atoms with van der Waals surface area (Å²) in [6.45, 7) is 18.2. The Kier molecular flexibility index (Phi) is 20.3. The molecule has 4 fully saturated rings. The molecule has 0 saturated carbocycles. The number of hydrogen-bond acceptors (Lipinski definition) is 11. The van der Waals surface area contributed by atoms with Crippen molar-refractivity contribution < 1.29 is 23.4 Å². The summed E-state index contributed by atoms with van der Waals surface area (Å²) in [6.07, 6.45) is 3.80. The van der Waals surface area contributed by atoms with Crippen molar-refractivity contribution in [3.8, 4) is 17.2 Å². The highest BCUT2D eigenvalue weighted by atomic mass is 19.1. The zero-order valence-corrected chi connectivity index (χ0v) is 42.7. The molecule has 368 valence electrons. The lowest BCUT2D eigenvalue weighted by Crippen LogP contribution is -2.56. The number of nitrogens with one attached hydrogen (secondary N) is 2. The van der Waals surface area contributed by atoms with E-state index in [0.717, 1.165) is 85.1 Å². The minimum absolute atomic E-state index is 0.143. The van der Waals surface area contributed by atoms with Crippen LogP contribution in [-0.4, -0.2) is 165 Å². The second-order valence-corrected chi connectivity index (χ2v) is 18.9. The molecule has 0 bridgehead atoms. The van der Waals surface area contributed by atoms with Gasteiger partial charge in [-0.2, -0.15) is 0 Å². The first kappa shape index (κ1) is 52.7. The van der Waals surface area contributed by atoms with Gasteiger partial charge in [-0.3, -0.25) is 9.69 Å². The molecule has 1 amide bonds. The molecule has 0 aromatic heterocycles. The summed E-state index contributed by atoms with van der Waals surface area (Å²) in [5.41, 5.74) is 9.55. The summed E-state index contributed by atoms with van der Waals surface area (Å²) in [5.74, 6) is 2.91. The molecule has 4 aromatic rings. The van der Waals surface area contributed by atoms with Crippen LogP contribution in [0.5, 0.6) is 17.2 Å². The lowest BCUT2D eigenvalue weighted by atomic mass is 10.0. The van der Waals surface area contributed by atoms with E-state index in [0.29, 0.717) is 24.7 Å². The van der Waals surface area contributed by atoms with Gasteiger partial charge in [0.05, 0.1) is 33.4 Å². The number of methoxy groups -OCH3 is 3. The molecule has 8 rings (SSSR count). The number of alkyl halides is 1. The number of hydrogen-bond donors (Lipinski definition) is 2. The van der Waals surface area contributed by atoms with E-state index in [9.17, 15) is 9.18 Å². The van der Waals surface area contributed by atoms with Crippen LogP contribution in [0.1, 0.15) is 48.4 Å². The van der Waals surface area contributed by atoms with Gasteiger partial charge in [-0.15, -0.1) is 0 Å². The highest BCUT2D eigenvalue weighted by molar-refractivity contribution is 5.74. The van der Waals surface area contributed by atoms with E-state index in [2.05, 4.69) is 126 Å². The van der Waals surface area contributed by atoms with E-state index in [4.69, 9.17) is 14.2 Å². The molecule has 4 aliphatic heterocycles. The van der Waals surface area contributed by atoms with Gasteiger partial charge in [0.2, 0.25) is 5.91 Å². The molecule has 0 aliphatic carbocycles. The lowest BCUT2D eigenvalue weighted by molar-refractivity contribution is -0.132. The van der Waals surface area contributed by atoms with Gasteiger partial charge >= 0.3 is 0 Å². The minimum Gasteiger partial charge on any atom is -0.496 e. The van der Waals surface area contributed by atoms with Crippen molar-refractivity contribution in [1.29, 1.82) is 0 Å². The Bertz CT molecular complexity index is 2120. The Morgan fingerprint density at radius 2 is 1.04 bits per heavy atom. The Morgan fingerprint density at radius 3 is 1.51 bits per heavy atom. The molecule has 13 heteroatoms. The van der Waals surface area contributed by atoms with Gasteiger partial charge < -0.3 is 49.3 Å². The monoisotopic (exact) mass is 925 g/mol. The number of benzene rings is 4. The Morgan fingerprint density at radius 1 is 0.597 bits per heavy atom. The maximum Gasteiger partial charge on any atom is 0.219 e. The number of piperidine rings is 1. The molecule has 12 nitrogen and oxygen atoms in total. The van der Waals surface area contributed by atoms with Crippen LogP contribution >= 0.6 is 0 Å².